The highest BCUT2D eigenvalue weighted by atomic mass is 16.6. The van der Waals surface area contributed by atoms with Crippen LogP contribution in [0.4, 0.5) is 10.5 Å². The first kappa shape index (κ1) is 16.3. The SMILES string of the molecule is CCOC(=O)N(CCN(CC)CC)c1ccc(O)cc1. The smallest absolute Gasteiger partial charge is 0.414 e. The average Bonchev–Trinajstić information content (AvgIpc) is 2.45. The molecule has 0 radical (unpaired) electrons. The first-order chi connectivity index (χ1) is 9.62. The van der Waals surface area contributed by atoms with Gasteiger partial charge in [-0.3, -0.25) is 4.90 Å². The van der Waals surface area contributed by atoms with Gasteiger partial charge in [-0.15, -0.1) is 0 Å². The van der Waals surface area contributed by atoms with E-state index < -0.39 is 0 Å². The highest BCUT2D eigenvalue weighted by Crippen LogP contribution is 2.19. The quantitative estimate of drug-likeness (QED) is 0.834. The summed E-state index contributed by atoms with van der Waals surface area (Å²) in [6.45, 7) is 9.57. The number of amides is 1. The number of rotatable bonds is 7. The lowest BCUT2D eigenvalue weighted by Crippen LogP contribution is -2.39. The maximum atomic E-state index is 12.0. The molecule has 5 nitrogen and oxygen atoms in total. The number of likely N-dealkylation sites (N-methyl/N-ethyl adjacent to an activating group) is 1. The molecule has 1 N–H and O–H groups in total. The second-order valence-corrected chi connectivity index (χ2v) is 4.39. The Morgan fingerprint density at radius 3 is 2.20 bits per heavy atom. The summed E-state index contributed by atoms with van der Waals surface area (Å²) in [7, 11) is 0. The van der Waals surface area contributed by atoms with Crippen LogP contribution in [0.15, 0.2) is 24.3 Å². The van der Waals surface area contributed by atoms with Crippen LogP contribution in [0, 0.1) is 0 Å². The van der Waals surface area contributed by atoms with E-state index >= 15 is 0 Å². The molecule has 0 saturated heterocycles. The number of phenolic OH excluding ortho intramolecular Hbond substituents is 1. The van der Waals surface area contributed by atoms with Crippen molar-refractivity contribution in [3.05, 3.63) is 24.3 Å². The van der Waals surface area contributed by atoms with Crippen molar-refractivity contribution in [2.24, 2.45) is 0 Å². The lowest BCUT2D eigenvalue weighted by molar-refractivity contribution is 0.158. The fraction of sp³-hybridized carbons (Fsp3) is 0.533. The van der Waals surface area contributed by atoms with Crippen molar-refractivity contribution in [1.82, 2.24) is 4.90 Å². The minimum absolute atomic E-state index is 0.182. The van der Waals surface area contributed by atoms with E-state index in [1.807, 2.05) is 0 Å². The van der Waals surface area contributed by atoms with Crippen molar-refractivity contribution in [3.8, 4) is 5.75 Å². The summed E-state index contributed by atoms with van der Waals surface area (Å²) in [5, 5.41) is 9.33. The second-order valence-electron chi connectivity index (χ2n) is 4.39. The third-order valence-corrected chi connectivity index (χ3v) is 3.18. The number of anilines is 1. The number of aromatic hydroxyl groups is 1. The Kier molecular flexibility index (Phi) is 6.87. The topological polar surface area (TPSA) is 53.0 Å². The van der Waals surface area contributed by atoms with E-state index in [1.165, 1.54) is 0 Å². The third kappa shape index (κ3) is 4.74. The Balaban J connectivity index is 2.79. The van der Waals surface area contributed by atoms with Crippen molar-refractivity contribution in [1.29, 1.82) is 0 Å². The molecule has 20 heavy (non-hydrogen) atoms. The highest BCUT2D eigenvalue weighted by Gasteiger charge is 2.17. The number of nitrogens with zero attached hydrogens (tertiary/aromatic N) is 2. The van der Waals surface area contributed by atoms with Gasteiger partial charge in [0.1, 0.15) is 5.75 Å². The second kappa shape index (κ2) is 8.43. The number of carbonyl (C=O) groups excluding carboxylic acids is 1. The fourth-order valence-corrected chi connectivity index (χ4v) is 1.94. The zero-order valence-corrected chi connectivity index (χ0v) is 12.5. The fourth-order valence-electron chi connectivity index (χ4n) is 1.94. The van der Waals surface area contributed by atoms with Crippen LogP contribution in [-0.4, -0.2) is 48.9 Å². The Labute approximate surface area is 120 Å². The molecule has 0 aromatic heterocycles. The van der Waals surface area contributed by atoms with Gasteiger partial charge in [-0.05, 0) is 44.3 Å². The van der Waals surface area contributed by atoms with Crippen LogP contribution in [0.2, 0.25) is 0 Å². The lowest BCUT2D eigenvalue weighted by Gasteiger charge is -2.25. The predicted molar refractivity (Wildman–Crippen MR) is 80.3 cm³/mol. The Bertz CT molecular complexity index is 402. The number of ether oxygens (including phenoxy) is 1. The summed E-state index contributed by atoms with van der Waals surface area (Å²) >= 11 is 0. The van der Waals surface area contributed by atoms with Gasteiger partial charge in [-0.2, -0.15) is 0 Å². The zero-order chi connectivity index (χ0) is 15.0. The molecule has 0 spiro atoms. The summed E-state index contributed by atoms with van der Waals surface area (Å²) in [6.07, 6.45) is -0.356. The van der Waals surface area contributed by atoms with Gasteiger partial charge in [0.05, 0.1) is 6.61 Å². The van der Waals surface area contributed by atoms with Gasteiger partial charge in [-0.1, -0.05) is 13.8 Å². The van der Waals surface area contributed by atoms with Gasteiger partial charge in [-0.25, -0.2) is 4.79 Å². The van der Waals surface area contributed by atoms with Crippen molar-refractivity contribution in [2.75, 3.05) is 37.7 Å². The Hall–Kier alpha value is -1.75. The average molecular weight is 280 g/mol. The van der Waals surface area contributed by atoms with Crippen molar-refractivity contribution in [2.45, 2.75) is 20.8 Å². The van der Waals surface area contributed by atoms with Gasteiger partial charge in [0, 0.05) is 18.8 Å². The monoisotopic (exact) mass is 280 g/mol. The molecule has 0 heterocycles. The normalized spacial score (nSPS) is 10.6. The van der Waals surface area contributed by atoms with Crippen LogP contribution in [-0.2, 0) is 4.74 Å². The zero-order valence-electron chi connectivity index (χ0n) is 12.5. The molecule has 0 aliphatic heterocycles. The molecule has 0 aliphatic carbocycles. The molecule has 0 saturated carbocycles. The molecular formula is C15H24N2O3. The maximum absolute atomic E-state index is 12.0. The Morgan fingerprint density at radius 1 is 1.10 bits per heavy atom. The van der Waals surface area contributed by atoms with Crippen LogP contribution in [0.1, 0.15) is 20.8 Å². The van der Waals surface area contributed by atoms with E-state index in [9.17, 15) is 9.90 Å². The first-order valence-corrected chi connectivity index (χ1v) is 7.08. The van der Waals surface area contributed by atoms with Crippen LogP contribution in [0.3, 0.4) is 0 Å². The van der Waals surface area contributed by atoms with Crippen molar-refractivity contribution >= 4 is 11.8 Å². The largest absolute Gasteiger partial charge is 0.508 e. The van der Waals surface area contributed by atoms with Crippen LogP contribution in [0.5, 0.6) is 5.75 Å². The molecule has 1 rings (SSSR count). The van der Waals surface area contributed by atoms with Gasteiger partial charge in [0.15, 0.2) is 0 Å². The lowest BCUT2D eigenvalue weighted by atomic mass is 10.2. The summed E-state index contributed by atoms with van der Waals surface area (Å²) in [6, 6.07) is 6.57. The van der Waals surface area contributed by atoms with Crippen molar-refractivity contribution < 1.29 is 14.6 Å². The molecule has 1 amide bonds. The first-order valence-electron chi connectivity index (χ1n) is 7.08. The minimum atomic E-state index is -0.356. The summed E-state index contributed by atoms with van der Waals surface area (Å²) in [4.78, 5) is 15.9. The van der Waals surface area contributed by atoms with Crippen LogP contribution >= 0.6 is 0 Å². The van der Waals surface area contributed by atoms with Gasteiger partial charge in [0.2, 0.25) is 0 Å². The van der Waals surface area contributed by atoms with E-state index in [0.717, 1.165) is 25.3 Å². The van der Waals surface area contributed by atoms with Gasteiger partial charge in [0.25, 0.3) is 0 Å². The number of benzene rings is 1. The molecule has 1 aromatic carbocycles. The molecular weight excluding hydrogens is 256 g/mol. The summed E-state index contributed by atoms with van der Waals surface area (Å²) in [5.41, 5.74) is 0.730. The van der Waals surface area contributed by atoms with E-state index in [4.69, 9.17) is 4.74 Å². The third-order valence-electron chi connectivity index (χ3n) is 3.18. The Morgan fingerprint density at radius 2 is 1.70 bits per heavy atom. The minimum Gasteiger partial charge on any atom is -0.508 e. The standard InChI is InChI=1S/C15H24N2O3/c1-4-16(5-2)11-12-17(15(19)20-6-3)13-7-9-14(18)10-8-13/h7-10,18H,4-6,11-12H2,1-3H3. The van der Waals surface area contributed by atoms with Gasteiger partial charge < -0.3 is 14.7 Å². The summed E-state index contributed by atoms with van der Waals surface area (Å²) < 4.78 is 5.09. The predicted octanol–water partition coefficient (Wildman–Crippen LogP) is 2.70. The molecule has 1 aromatic rings. The molecule has 0 atom stereocenters. The van der Waals surface area contributed by atoms with E-state index in [0.29, 0.717) is 13.2 Å². The molecule has 5 heteroatoms. The molecule has 0 unspecified atom stereocenters. The van der Waals surface area contributed by atoms with Crippen LogP contribution < -0.4 is 4.90 Å². The molecule has 0 fully saturated rings. The summed E-state index contributed by atoms with van der Waals surface area (Å²) in [5.74, 6) is 0.182. The molecule has 0 aliphatic rings. The van der Waals surface area contributed by atoms with E-state index in [2.05, 4.69) is 18.7 Å². The maximum Gasteiger partial charge on any atom is 0.414 e. The number of carbonyl (C=O) groups is 1. The number of phenols is 1. The molecule has 112 valence electrons. The van der Waals surface area contributed by atoms with E-state index in [-0.39, 0.29) is 11.8 Å². The van der Waals surface area contributed by atoms with Crippen molar-refractivity contribution in [3.63, 3.8) is 0 Å². The van der Waals surface area contributed by atoms with Gasteiger partial charge >= 0.3 is 6.09 Å². The van der Waals surface area contributed by atoms with Crippen LogP contribution in [0.25, 0.3) is 0 Å². The molecule has 0 bridgehead atoms. The van der Waals surface area contributed by atoms with E-state index in [1.54, 1.807) is 36.1 Å². The number of hydrogen-bond donors (Lipinski definition) is 1. The number of hydrogen-bond acceptors (Lipinski definition) is 4. The highest BCUT2D eigenvalue weighted by molar-refractivity contribution is 5.87.